The maximum atomic E-state index is 13.4. The highest BCUT2D eigenvalue weighted by Crippen LogP contribution is 2.26. The van der Waals surface area contributed by atoms with E-state index in [0.29, 0.717) is 30.0 Å². The third-order valence-electron chi connectivity index (χ3n) is 4.66. The molecule has 0 unspecified atom stereocenters. The lowest BCUT2D eigenvalue weighted by Gasteiger charge is -2.23. The van der Waals surface area contributed by atoms with E-state index in [1.165, 1.54) is 0 Å². The van der Waals surface area contributed by atoms with Gasteiger partial charge < -0.3 is 14.2 Å². The van der Waals surface area contributed by atoms with E-state index in [2.05, 4.69) is 6.92 Å². The van der Waals surface area contributed by atoms with E-state index < -0.39 is 5.97 Å². The summed E-state index contributed by atoms with van der Waals surface area (Å²) in [7, 11) is 1.80. The first-order valence-corrected chi connectivity index (χ1v) is 9.13. The van der Waals surface area contributed by atoms with Gasteiger partial charge in [-0.15, -0.1) is 0 Å². The van der Waals surface area contributed by atoms with Gasteiger partial charge in [0.05, 0.1) is 12.2 Å². The summed E-state index contributed by atoms with van der Waals surface area (Å²) in [5, 5.41) is 0. The molecule has 0 bridgehead atoms. The Morgan fingerprint density at radius 3 is 2.35 bits per heavy atom. The van der Waals surface area contributed by atoms with Gasteiger partial charge in [0.1, 0.15) is 5.69 Å². The van der Waals surface area contributed by atoms with Gasteiger partial charge in [0.2, 0.25) is 0 Å². The Hall–Kier alpha value is -2.56. The predicted octanol–water partition coefficient (Wildman–Crippen LogP) is 4.27. The predicted molar refractivity (Wildman–Crippen MR) is 104 cm³/mol. The molecule has 0 aliphatic rings. The molecule has 0 spiro atoms. The molecule has 0 saturated carbocycles. The highest BCUT2D eigenvalue weighted by Gasteiger charge is 2.28. The van der Waals surface area contributed by atoms with Gasteiger partial charge in [0.25, 0.3) is 5.91 Å². The normalized spacial score (nSPS) is 10.7. The van der Waals surface area contributed by atoms with E-state index >= 15 is 0 Å². The number of anilines is 1. The zero-order valence-electron chi connectivity index (χ0n) is 16.3. The minimum atomic E-state index is -0.394. The van der Waals surface area contributed by atoms with Crippen LogP contribution in [0.25, 0.3) is 0 Å². The molecular weight excluding hydrogens is 328 g/mol. The van der Waals surface area contributed by atoms with Gasteiger partial charge in [-0.2, -0.15) is 0 Å². The molecule has 1 aromatic heterocycles. The number of rotatable bonds is 7. The van der Waals surface area contributed by atoms with Crippen LogP contribution in [0.2, 0.25) is 0 Å². The molecule has 2 aromatic rings. The van der Waals surface area contributed by atoms with E-state index in [1.54, 1.807) is 23.4 Å². The molecule has 1 heterocycles. The number of nitrogens with zero attached hydrogens (tertiary/aromatic N) is 2. The van der Waals surface area contributed by atoms with Gasteiger partial charge in [-0.3, -0.25) is 4.79 Å². The number of hydrogen-bond donors (Lipinski definition) is 0. The summed E-state index contributed by atoms with van der Waals surface area (Å²) in [6.45, 7) is 8.50. The number of amides is 1. The van der Waals surface area contributed by atoms with Crippen LogP contribution in [-0.4, -0.2) is 29.6 Å². The van der Waals surface area contributed by atoms with Crippen LogP contribution < -0.4 is 4.90 Å². The van der Waals surface area contributed by atoms with Crippen molar-refractivity contribution in [2.75, 3.05) is 18.1 Å². The molecule has 2 rings (SSSR count). The van der Waals surface area contributed by atoms with Crippen LogP contribution >= 0.6 is 0 Å². The number of carbonyl (C=O) groups is 2. The minimum absolute atomic E-state index is 0.0780. The number of esters is 1. The summed E-state index contributed by atoms with van der Waals surface area (Å²) in [6, 6.07) is 9.66. The van der Waals surface area contributed by atoms with Crippen LogP contribution in [0.3, 0.4) is 0 Å². The van der Waals surface area contributed by atoms with Gasteiger partial charge in [-0.05, 0) is 44.9 Å². The van der Waals surface area contributed by atoms with Crippen LogP contribution in [-0.2, 0) is 11.8 Å². The maximum absolute atomic E-state index is 13.4. The van der Waals surface area contributed by atoms with Crippen molar-refractivity contribution in [1.82, 2.24) is 4.57 Å². The van der Waals surface area contributed by atoms with Crippen molar-refractivity contribution in [3.63, 3.8) is 0 Å². The average Bonchev–Trinajstić information content (AvgIpc) is 2.85. The molecule has 0 N–H and O–H groups in total. The SMILES string of the molecule is CCCCN(C(=O)c1c(C)c(C(=O)OCC)n(C)c1C)c1ccccc1. The topological polar surface area (TPSA) is 51.5 Å². The van der Waals surface area contributed by atoms with Crippen molar-refractivity contribution >= 4 is 17.6 Å². The summed E-state index contributed by atoms with van der Waals surface area (Å²) in [5.74, 6) is -0.472. The second kappa shape index (κ2) is 8.70. The van der Waals surface area contributed by atoms with Gasteiger partial charge >= 0.3 is 5.97 Å². The lowest BCUT2D eigenvalue weighted by Crippen LogP contribution is -2.32. The number of unbranched alkanes of at least 4 members (excludes halogenated alkanes) is 1. The van der Waals surface area contributed by atoms with Gasteiger partial charge in [-0.25, -0.2) is 4.79 Å². The Morgan fingerprint density at radius 2 is 1.77 bits per heavy atom. The quantitative estimate of drug-likeness (QED) is 0.696. The molecule has 0 atom stereocenters. The molecule has 0 radical (unpaired) electrons. The molecule has 0 aliphatic heterocycles. The molecule has 5 heteroatoms. The third kappa shape index (κ3) is 3.82. The number of hydrogen-bond acceptors (Lipinski definition) is 3. The third-order valence-corrected chi connectivity index (χ3v) is 4.66. The molecule has 1 amide bonds. The molecule has 0 aliphatic carbocycles. The summed E-state index contributed by atoms with van der Waals surface area (Å²) in [4.78, 5) is 27.5. The Balaban J connectivity index is 2.49. The first-order valence-electron chi connectivity index (χ1n) is 9.13. The van der Waals surface area contributed by atoms with Crippen LogP contribution in [0.4, 0.5) is 5.69 Å². The van der Waals surface area contributed by atoms with Crippen molar-refractivity contribution in [3.8, 4) is 0 Å². The molecule has 140 valence electrons. The molecule has 0 fully saturated rings. The zero-order chi connectivity index (χ0) is 19.3. The number of para-hydroxylation sites is 1. The highest BCUT2D eigenvalue weighted by molar-refractivity contribution is 6.09. The van der Waals surface area contributed by atoms with Crippen molar-refractivity contribution in [2.24, 2.45) is 7.05 Å². The average molecular weight is 356 g/mol. The van der Waals surface area contributed by atoms with E-state index in [-0.39, 0.29) is 5.91 Å². The van der Waals surface area contributed by atoms with E-state index in [0.717, 1.165) is 24.2 Å². The van der Waals surface area contributed by atoms with Crippen molar-refractivity contribution < 1.29 is 14.3 Å². The largest absolute Gasteiger partial charge is 0.461 e. The van der Waals surface area contributed by atoms with Crippen molar-refractivity contribution in [2.45, 2.75) is 40.5 Å². The fraction of sp³-hybridized carbons (Fsp3) is 0.429. The molecule has 1 aromatic carbocycles. The van der Waals surface area contributed by atoms with E-state index in [4.69, 9.17) is 4.74 Å². The van der Waals surface area contributed by atoms with Crippen LogP contribution in [0.1, 0.15) is 58.8 Å². The maximum Gasteiger partial charge on any atom is 0.355 e. The highest BCUT2D eigenvalue weighted by atomic mass is 16.5. The lowest BCUT2D eigenvalue weighted by molar-refractivity contribution is 0.0514. The molecule has 26 heavy (non-hydrogen) atoms. The minimum Gasteiger partial charge on any atom is -0.461 e. The van der Waals surface area contributed by atoms with Gasteiger partial charge in [0.15, 0.2) is 0 Å². The summed E-state index contributed by atoms with van der Waals surface area (Å²) in [5.41, 5.74) is 3.33. The number of carbonyl (C=O) groups excluding carboxylic acids is 2. The van der Waals surface area contributed by atoms with Crippen molar-refractivity contribution in [1.29, 1.82) is 0 Å². The summed E-state index contributed by atoms with van der Waals surface area (Å²) < 4.78 is 6.92. The van der Waals surface area contributed by atoms with E-state index in [1.807, 2.05) is 44.2 Å². The second-order valence-corrected chi connectivity index (χ2v) is 6.36. The fourth-order valence-electron chi connectivity index (χ4n) is 3.19. The summed E-state index contributed by atoms with van der Waals surface area (Å²) >= 11 is 0. The molecule has 0 saturated heterocycles. The number of aromatic nitrogens is 1. The Morgan fingerprint density at radius 1 is 1.12 bits per heavy atom. The second-order valence-electron chi connectivity index (χ2n) is 6.36. The molecular formula is C21H28N2O3. The van der Waals surface area contributed by atoms with E-state index in [9.17, 15) is 9.59 Å². The Labute approximate surface area is 155 Å². The smallest absolute Gasteiger partial charge is 0.355 e. The van der Waals surface area contributed by atoms with Crippen molar-refractivity contribution in [3.05, 3.63) is 52.8 Å². The molecule has 5 nitrogen and oxygen atoms in total. The first kappa shape index (κ1) is 19.8. The lowest BCUT2D eigenvalue weighted by atomic mass is 10.1. The van der Waals surface area contributed by atoms with Gasteiger partial charge in [0, 0.05) is 25.0 Å². The van der Waals surface area contributed by atoms with Gasteiger partial charge in [-0.1, -0.05) is 31.5 Å². The Bertz CT molecular complexity index is 778. The first-order chi connectivity index (χ1) is 12.4. The number of ether oxygens (including phenoxy) is 1. The zero-order valence-corrected chi connectivity index (χ0v) is 16.3. The number of benzene rings is 1. The van der Waals surface area contributed by atoms with Crippen LogP contribution in [0.5, 0.6) is 0 Å². The summed E-state index contributed by atoms with van der Waals surface area (Å²) in [6.07, 6.45) is 1.91. The standard InChI is InChI=1S/C21H28N2O3/c1-6-8-14-23(17-12-10-9-11-13-17)20(24)18-15(3)19(21(25)26-7-2)22(5)16(18)4/h9-13H,6-8,14H2,1-5H3. The fourth-order valence-corrected chi connectivity index (χ4v) is 3.19. The Kier molecular flexibility index (Phi) is 6.61. The van der Waals surface area contributed by atoms with Crippen LogP contribution in [0, 0.1) is 13.8 Å². The van der Waals surface area contributed by atoms with Crippen LogP contribution in [0.15, 0.2) is 30.3 Å². The monoisotopic (exact) mass is 356 g/mol.